The highest BCUT2D eigenvalue weighted by atomic mass is 19.1. The third-order valence-electron chi connectivity index (χ3n) is 6.21. The first-order valence-electron chi connectivity index (χ1n) is 10.1. The molecule has 29 heavy (non-hydrogen) atoms. The van der Waals surface area contributed by atoms with Crippen LogP contribution in [0.4, 0.5) is 8.78 Å². The zero-order valence-corrected chi connectivity index (χ0v) is 16.5. The van der Waals surface area contributed by atoms with Crippen LogP contribution in [0.3, 0.4) is 0 Å². The minimum absolute atomic E-state index is 0.00117. The van der Waals surface area contributed by atoms with Crippen molar-refractivity contribution in [3.05, 3.63) is 65.0 Å². The van der Waals surface area contributed by atoms with Gasteiger partial charge in [-0.05, 0) is 61.2 Å². The Morgan fingerprint density at radius 3 is 2.55 bits per heavy atom. The predicted molar refractivity (Wildman–Crippen MR) is 107 cm³/mol. The lowest BCUT2D eigenvalue weighted by Crippen LogP contribution is -2.49. The first-order valence-corrected chi connectivity index (χ1v) is 10.1. The zero-order chi connectivity index (χ0) is 20.5. The van der Waals surface area contributed by atoms with E-state index in [0.29, 0.717) is 38.0 Å². The number of piperidine rings is 1. The topological polar surface area (TPSA) is 43.8 Å². The van der Waals surface area contributed by atoms with Gasteiger partial charge < -0.3 is 10.0 Å². The largest absolute Gasteiger partial charge is 0.508 e. The van der Waals surface area contributed by atoms with E-state index in [4.69, 9.17) is 0 Å². The van der Waals surface area contributed by atoms with Crippen molar-refractivity contribution in [3.8, 4) is 5.75 Å². The molecule has 2 aliphatic rings. The van der Waals surface area contributed by atoms with Gasteiger partial charge in [0.2, 0.25) is 5.91 Å². The van der Waals surface area contributed by atoms with Crippen LogP contribution in [-0.2, 0) is 11.3 Å². The smallest absolute Gasteiger partial charge is 0.240 e. The molecule has 2 unspecified atom stereocenters. The van der Waals surface area contributed by atoms with Gasteiger partial charge in [-0.1, -0.05) is 24.3 Å². The van der Waals surface area contributed by atoms with Gasteiger partial charge in [-0.2, -0.15) is 0 Å². The Labute approximate surface area is 169 Å². The van der Waals surface area contributed by atoms with Crippen LogP contribution >= 0.6 is 0 Å². The molecule has 2 heterocycles. The number of phenolic OH excluding ortho intramolecular Hbond substituents is 1. The van der Waals surface area contributed by atoms with Crippen molar-refractivity contribution in [1.82, 2.24) is 9.80 Å². The fraction of sp³-hybridized carbons (Fsp3) is 0.435. The second-order valence-electron chi connectivity index (χ2n) is 8.15. The number of amides is 1. The second-order valence-corrected chi connectivity index (χ2v) is 8.15. The lowest BCUT2D eigenvalue weighted by molar-refractivity contribution is -0.133. The Kier molecular flexibility index (Phi) is 5.54. The molecule has 4 nitrogen and oxygen atoms in total. The zero-order valence-electron chi connectivity index (χ0n) is 16.5. The van der Waals surface area contributed by atoms with Gasteiger partial charge in [0.1, 0.15) is 17.7 Å². The molecule has 2 saturated heterocycles. The number of rotatable bonds is 4. The average molecular weight is 400 g/mol. The van der Waals surface area contributed by atoms with Crippen LogP contribution in [0.2, 0.25) is 0 Å². The maximum atomic E-state index is 14.9. The number of carbonyl (C=O) groups is 1. The highest BCUT2D eigenvalue weighted by Gasteiger charge is 2.40. The molecule has 0 bridgehead atoms. The number of phenols is 1. The van der Waals surface area contributed by atoms with E-state index in [9.17, 15) is 18.7 Å². The van der Waals surface area contributed by atoms with Gasteiger partial charge in [-0.3, -0.25) is 9.69 Å². The molecule has 4 rings (SSSR count). The molecule has 0 aliphatic carbocycles. The van der Waals surface area contributed by atoms with E-state index in [1.165, 1.54) is 6.07 Å². The van der Waals surface area contributed by atoms with Gasteiger partial charge in [0, 0.05) is 25.6 Å². The minimum atomic E-state index is -1.05. The minimum Gasteiger partial charge on any atom is -0.508 e. The van der Waals surface area contributed by atoms with E-state index in [0.717, 1.165) is 11.1 Å². The summed E-state index contributed by atoms with van der Waals surface area (Å²) in [5, 5.41) is 9.43. The molecule has 1 amide bonds. The third kappa shape index (κ3) is 4.13. The number of nitrogens with zero attached hydrogens (tertiary/aromatic N) is 2. The number of aromatic hydroxyl groups is 1. The predicted octanol–water partition coefficient (Wildman–Crippen LogP) is 3.77. The van der Waals surface area contributed by atoms with Crippen LogP contribution in [0, 0.1) is 12.7 Å². The Balaban J connectivity index is 1.38. The molecule has 0 aromatic heterocycles. The van der Waals surface area contributed by atoms with Gasteiger partial charge in [0.15, 0.2) is 0 Å². The Morgan fingerprint density at radius 2 is 1.86 bits per heavy atom. The number of benzene rings is 2. The maximum Gasteiger partial charge on any atom is 0.240 e. The summed E-state index contributed by atoms with van der Waals surface area (Å²) in [6, 6.07) is 11.5. The maximum absolute atomic E-state index is 14.9. The van der Waals surface area contributed by atoms with Gasteiger partial charge in [0.05, 0.1) is 6.04 Å². The van der Waals surface area contributed by atoms with E-state index < -0.39 is 6.17 Å². The summed E-state index contributed by atoms with van der Waals surface area (Å²) in [7, 11) is 0. The van der Waals surface area contributed by atoms with Crippen molar-refractivity contribution in [2.24, 2.45) is 0 Å². The molecule has 2 aromatic carbocycles. The fourth-order valence-electron chi connectivity index (χ4n) is 4.48. The molecule has 0 radical (unpaired) electrons. The average Bonchev–Trinajstić information content (AvgIpc) is 3.06. The van der Waals surface area contributed by atoms with Crippen LogP contribution in [0.15, 0.2) is 42.5 Å². The van der Waals surface area contributed by atoms with Crippen LogP contribution in [-0.4, -0.2) is 52.7 Å². The van der Waals surface area contributed by atoms with Crippen LogP contribution in [0.1, 0.15) is 35.4 Å². The second kappa shape index (κ2) is 8.11. The van der Waals surface area contributed by atoms with Crippen molar-refractivity contribution in [2.45, 2.75) is 44.4 Å². The van der Waals surface area contributed by atoms with Crippen LogP contribution < -0.4 is 0 Å². The third-order valence-corrected chi connectivity index (χ3v) is 6.21. The van der Waals surface area contributed by atoms with E-state index in [2.05, 4.69) is 0 Å². The molecule has 154 valence electrons. The van der Waals surface area contributed by atoms with E-state index >= 15 is 0 Å². The van der Waals surface area contributed by atoms with Gasteiger partial charge >= 0.3 is 0 Å². The molecule has 0 saturated carbocycles. The summed E-state index contributed by atoms with van der Waals surface area (Å²) in [5.41, 5.74) is 2.25. The van der Waals surface area contributed by atoms with Crippen LogP contribution in [0.5, 0.6) is 5.75 Å². The summed E-state index contributed by atoms with van der Waals surface area (Å²) >= 11 is 0. The lowest BCUT2D eigenvalue weighted by atomic mass is 9.87. The number of halogens is 2. The summed E-state index contributed by atoms with van der Waals surface area (Å²) in [6.07, 6.45) is 0.254. The molecule has 2 aliphatic heterocycles. The summed E-state index contributed by atoms with van der Waals surface area (Å²) in [5.74, 6) is -0.301. The standard InChI is InChI=1S/C23H26F2N2O2/c1-15-2-3-16(12-20(15)24)13-27-11-9-22(23(27)29)26-10-8-19(21(25)14-26)17-4-6-18(28)7-5-17/h2-7,12,19,21-22,28H,8-11,13-14H2,1H3/t19?,21?,22-/m1/s1. The molecule has 6 heteroatoms. The number of alkyl halides is 1. The van der Waals surface area contributed by atoms with Gasteiger partial charge in [-0.25, -0.2) is 8.78 Å². The molecule has 2 aromatic rings. The molecular formula is C23H26F2N2O2. The number of aryl methyl sites for hydroxylation is 1. The van der Waals surface area contributed by atoms with E-state index in [-0.39, 0.29) is 36.0 Å². The van der Waals surface area contributed by atoms with Crippen molar-refractivity contribution in [2.75, 3.05) is 19.6 Å². The first kappa shape index (κ1) is 19.8. The number of hydrogen-bond acceptors (Lipinski definition) is 3. The van der Waals surface area contributed by atoms with Crippen molar-refractivity contribution in [1.29, 1.82) is 0 Å². The molecule has 0 spiro atoms. The summed E-state index contributed by atoms with van der Waals surface area (Å²) in [6.45, 7) is 3.60. The summed E-state index contributed by atoms with van der Waals surface area (Å²) < 4.78 is 28.7. The van der Waals surface area contributed by atoms with Crippen molar-refractivity contribution >= 4 is 5.91 Å². The van der Waals surface area contributed by atoms with Crippen molar-refractivity contribution in [3.63, 3.8) is 0 Å². The monoisotopic (exact) mass is 400 g/mol. The van der Waals surface area contributed by atoms with Crippen LogP contribution in [0.25, 0.3) is 0 Å². The van der Waals surface area contributed by atoms with Gasteiger partial charge in [0.25, 0.3) is 0 Å². The number of hydrogen-bond donors (Lipinski definition) is 1. The Hall–Kier alpha value is -2.47. The fourth-order valence-corrected chi connectivity index (χ4v) is 4.48. The first-order chi connectivity index (χ1) is 13.9. The molecule has 2 fully saturated rings. The highest BCUT2D eigenvalue weighted by Crippen LogP contribution is 2.33. The highest BCUT2D eigenvalue weighted by molar-refractivity contribution is 5.84. The SMILES string of the molecule is Cc1ccc(CN2CC[C@@H](N3CCC(c4ccc(O)cc4)C(F)C3)C2=O)cc1F. The Bertz CT molecular complexity index is 887. The number of carbonyl (C=O) groups excluding carboxylic acids is 1. The van der Waals surface area contributed by atoms with E-state index in [1.807, 2.05) is 11.0 Å². The van der Waals surface area contributed by atoms with Gasteiger partial charge in [-0.15, -0.1) is 0 Å². The van der Waals surface area contributed by atoms with Crippen molar-refractivity contribution < 1.29 is 18.7 Å². The van der Waals surface area contributed by atoms with E-state index in [1.54, 1.807) is 42.2 Å². The molecular weight excluding hydrogens is 374 g/mol. The summed E-state index contributed by atoms with van der Waals surface area (Å²) in [4.78, 5) is 16.6. The quantitative estimate of drug-likeness (QED) is 0.850. The molecule has 3 atom stereocenters. The normalized spacial score (nSPS) is 25.6. The molecule has 1 N–H and O–H groups in total. The lowest BCUT2D eigenvalue weighted by Gasteiger charge is -2.37. The Morgan fingerprint density at radius 1 is 1.10 bits per heavy atom. The number of likely N-dealkylation sites (tertiary alicyclic amines) is 2.